The maximum atomic E-state index is 9.83. The van der Waals surface area contributed by atoms with Gasteiger partial charge in [-0.1, -0.05) is 0 Å². The molecule has 5 nitrogen and oxygen atoms in total. The molecule has 86 valence electrons. The molecule has 2 N–H and O–H groups in total. The molecule has 0 spiro atoms. The van der Waals surface area contributed by atoms with Crippen LogP contribution < -0.4 is 0 Å². The molecule has 0 aromatic heterocycles. The van der Waals surface area contributed by atoms with Crippen LogP contribution in [0.2, 0.25) is 0 Å². The molecular formula is C8H13KO5P2. The number of hydrogen-bond acceptors (Lipinski definition) is 3. The van der Waals surface area contributed by atoms with Crippen LogP contribution in [0.3, 0.4) is 0 Å². The van der Waals surface area contributed by atoms with Gasteiger partial charge < -0.3 is 14.3 Å². The van der Waals surface area contributed by atoms with Crippen LogP contribution in [0.4, 0.5) is 0 Å². The molecule has 1 atom stereocenters. The molecule has 0 saturated carbocycles. The van der Waals surface area contributed by atoms with Crippen molar-refractivity contribution >= 4 is 65.2 Å². The molecule has 0 aliphatic rings. The average molecular weight is 290 g/mol. The van der Waals surface area contributed by atoms with Crippen LogP contribution in [-0.4, -0.2) is 65.1 Å². The summed E-state index contributed by atoms with van der Waals surface area (Å²) < 4.78 is 24.6. The first-order valence-corrected chi connectivity index (χ1v) is 9.58. The zero-order valence-electron chi connectivity index (χ0n) is 8.94. The van der Waals surface area contributed by atoms with E-state index in [9.17, 15) is 9.13 Å². The Kier molecular flexibility index (Phi) is 10.9. The summed E-state index contributed by atoms with van der Waals surface area (Å²) in [6.45, 7) is 0. The van der Waals surface area contributed by atoms with Crippen molar-refractivity contribution in [2.45, 2.75) is 0.515 Å². The molecule has 0 heterocycles. The SMILES string of the molecule is O=[PH2]OCP(=O)(O)O.[K][CH2]c1ccccc1. The van der Waals surface area contributed by atoms with Crippen molar-refractivity contribution in [3.05, 3.63) is 35.9 Å². The molecule has 1 unspecified atom stereocenters. The zero-order valence-corrected chi connectivity index (χ0v) is 14.1. The van der Waals surface area contributed by atoms with Gasteiger partial charge in [0.2, 0.25) is 0 Å². The molecule has 0 radical (unpaired) electrons. The molecule has 16 heavy (non-hydrogen) atoms. The summed E-state index contributed by atoms with van der Waals surface area (Å²) in [5.41, 5.74) is 1.49. The van der Waals surface area contributed by atoms with Gasteiger partial charge in [-0.2, -0.15) is 0 Å². The fourth-order valence-electron chi connectivity index (χ4n) is 0.841. The van der Waals surface area contributed by atoms with Crippen molar-refractivity contribution in [3.8, 4) is 0 Å². The number of hydrogen-bond donors (Lipinski definition) is 2. The molecule has 1 aromatic carbocycles. The van der Waals surface area contributed by atoms with Gasteiger partial charge in [0.25, 0.3) is 0 Å². The summed E-state index contributed by atoms with van der Waals surface area (Å²) in [6, 6.07) is 10.6. The first-order valence-electron chi connectivity index (χ1n) is 4.63. The van der Waals surface area contributed by atoms with E-state index in [1.807, 2.05) is 0 Å². The predicted molar refractivity (Wildman–Crippen MR) is 64.3 cm³/mol. The summed E-state index contributed by atoms with van der Waals surface area (Å²) in [6.07, 6.45) is -0.744. The zero-order chi connectivity index (χ0) is 12.4. The second kappa shape index (κ2) is 10.1. The summed E-state index contributed by atoms with van der Waals surface area (Å²) in [5.74, 6) is 0. The Morgan fingerprint density at radius 3 is 2.12 bits per heavy atom. The Morgan fingerprint density at radius 2 is 1.88 bits per heavy atom. The fraction of sp³-hybridized carbons (Fsp3) is 0.250. The molecule has 0 fully saturated rings. The van der Waals surface area contributed by atoms with Gasteiger partial charge >= 0.3 is 93.0 Å². The third-order valence-corrected chi connectivity index (χ3v) is 3.91. The van der Waals surface area contributed by atoms with Gasteiger partial charge in [0.1, 0.15) is 0 Å². The first kappa shape index (κ1) is 17.2. The predicted octanol–water partition coefficient (Wildman–Crippen LogP) is 1.16. The van der Waals surface area contributed by atoms with Crippen LogP contribution in [-0.2, 0) is 14.2 Å². The van der Waals surface area contributed by atoms with Crippen LogP contribution in [0, 0.1) is 0 Å². The normalized spacial score (nSPS) is 11.2. The van der Waals surface area contributed by atoms with E-state index in [-0.39, 0.29) is 0 Å². The van der Waals surface area contributed by atoms with E-state index in [2.05, 4.69) is 34.9 Å². The molecule has 1 aromatic rings. The van der Waals surface area contributed by atoms with Crippen LogP contribution in [0.1, 0.15) is 5.56 Å². The summed E-state index contributed by atoms with van der Waals surface area (Å²) >= 11 is 0.967. The van der Waals surface area contributed by atoms with Crippen molar-refractivity contribution < 1.29 is 23.4 Å². The van der Waals surface area contributed by atoms with Crippen molar-refractivity contribution in [1.82, 2.24) is 0 Å². The Bertz CT molecular complexity index is 340. The minimum atomic E-state index is -4.08. The molecule has 0 saturated heterocycles. The topological polar surface area (TPSA) is 83.8 Å². The second-order valence-corrected chi connectivity index (χ2v) is 6.11. The van der Waals surface area contributed by atoms with E-state index in [4.69, 9.17) is 9.79 Å². The third kappa shape index (κ3) is 11.7. The van der Waals surface area contributed by atoms with Gasteiger partial charge in [-0.3, -0.25) is 9.13 Å². The molecule has 0 amide bonds. The van der Waals surface area contributed by atoms with Gasteiger partial charge in [0.05, 0.1) is 0 Å². The Hall–Kier alpha value is 1.20. The van der Waals surface area contributed by atoms with Crippen molar-refractivity contribution in [2.75, 3.05) is 6.35 Å². The van der Waals surface area contributed by atoms with Gasteiger partial charge in [-0.15, -0.1) is 0 Å². The molecule has 0 aliphatic heterocycles. The first-order chi connectivity index (χ1) is 7.49. The average Bonchev–Trinajstić information content (AvgIpc) is 2.27. The van der Waals surface area contributed by atoms with E-state index in [0.717, 1.165) is 49.0 Å². The van der Waals surface area contributed by atoms with Crippen LogP contribution in [0.25, 0.3) is 0 Å². The third-order valence-electron chi connectivity index (χ3n) is 1.56. The summed E-state index contributed by atoms with van der Waals surface area (Å²) in [4.78, 5) is 16.0. The van der Waals surface area contributed by atoms with E-state index >= 15 is 0 Å². The Morgan fingerprint density at radius 1 is 1.31 bits per heavy atom. The maximum absolute atomic E-state index is 9.83. The van der Waals surface area contributed by atoms with Crippen LogP contribution in [0.15, 0.2) is 30.3 Å². The van der Waals surface area contributed by atoms with Gasteiger partial charge in [-0.25, -0.2) is 0 Å². The van der Waals surface area contributed by atoms with Crippen molar-refractivity contribution in [1.29, 1.82) is 0 Å². The van der Waals surface area contributed by atoms with Gasteiger partial charge in [-0.05, 0) is 0 Å². The van der Waals surface area contributed by atoms with Crippen LogP contribution >= 0.6 is 16.3 Å². The minimum absolute atomic E-state index is 0.744. The Balaban J connectivity index is 0.000000281. The molecule has 8 heteroatoms. The monoisotopic (exact) mass is 290 g/mol. The molecule has 0 bridgehead atoms. The molecule has 1 rings (SSSR count). The van der Waals surface area contributed by atoms with Crippen molar-refractivity contribution in [3.63, 3.8) is 0 Å². The van der Waals surface area contributed by atoms with E-state index in [1.165, 1.54) is 6.08 Å². The van der Waals surface area contributed by atoms with Gasteiger partial charge in [0.15, 0.2) is 15.0 Å². The Labute approximate surface area is 130 Å². The number of rotatable bonds is 4. The summed E-state index contributed by atoms with van der Waals surface area (Å²) in [5, 5.41) is 0. The molecular weight excluding hydrogens is 277 g/mol. The summed E-state index contributed by atoms with van der Waals surface area (Å²) in [7, 11) is -5.59. The quantitative estimate of drug-likeness (QED) is 0.642. The van der Waals surface area contributed by atoms with Crippen LogP contribution in [0.5, 0.6) is 0 Å². The second-order valence-electron chi connectivity index (χ2n) is 2.90. The standard InChI is InChI=1S/C7H7.CH6O5P2.K/c1-7-5-3-2-4-6-7;2-7-6-1-8(3,4)5;/h2-6H,1H2;1,7H2,(H2,3,4,5);. The van der Waals surface area contributed by atoms with E-state index < -0.39 is 22.6 Å². The van der Waals surface area contributed by atoms with E-state index in [1.54, 1.807) is 0 Å². The van der Waals surface area contributed by atoms with Crippen molar-refractivity contribution in [2.24, 2.45) is 0 Å². The number of benzene rings is 1. The van der Waals surface area contributed by atoms with Gasteiger partial charge in [0, 0.05) is 0 Å². The molecule has 0 aliphatic carbocycles. The van der Waals surface area contributed by atoms with E-state index in [0.29, 0.717) is 0 Å². The fourth-order valence-corrected chi connectivity index (χ4v) is 2.60.